The van der Waals surface area contributed by atoms with E-state index in [-0.39, 0.29) is 24.4 Å². The number of aromatic nitrogens is 2. The fourth-order valence-electron chi connectivity index (χ4n) is 3.09. The standard InChI is InChI=1S/C17H21N3O4S2/c1-20(8-14(22)23)13(21)6-7-25-9-12-18-16(24)15-10-4-2-3-5-11(10)26-17(15)19-12/h2-9H2,1H3,(H,22,23)(H,18,19,24). The molecule has 1 aliphatic rings. The first-order valence-electron chi connectivity index (χ1n) is 8.52. The van der Waals surface area contributed by atoms with E-state index >= 15 is 0 Å². The summed E-state index contributed by atoms with van der Waals surface area (Å²) >= 11 is 3.13. The van der Waals surface area contributed by atoms with E-state index in [0.29, 0.717) is 17.3 Å². The maximum absolute atomic E-state index is 12.5. The van der Waals surface area contributed by atoms with Gasteiger partial charge in [0.15, 0.2) is 0 Å². The summed E-state index contributed by atoms with van der Waals surface area (Å²) in [6, 6.07) is 0. The molecule has 1 aliphatic carbocycles. The van der Waals surface area contributed by atoms with Crippen LogP contribution in [0.3, 0.4) is 0 Å². The molecule has 2 aromatic heterocycles. The van der Waals surface area contributed by atoms with Crippen molar-refractivity contribution in [2.75, 3.05) is 19.3 Å². The van der Waals surface area contributed by atoms with Crippen LogP contribution in [0.2, 0.25) is 0 Å². The highest BCUT2D eigenvalue weighted by Crippen LogP contribution is 2.33. The Balaban J connectivity index is 1.59. The molecule has 26 heavy (non-hydrogen) atoms. The molecule has 0 radical (unpaired) electrons. The Bertz CT molecular complexity index is 890. The molecule has 0 aromatic carbocycles. The van der Waals surface area contributed by atoms with E-state index in [0.717, 1.165) is 29.5 Å². The third-order valence-corrected chi connectivity index (χ3v) is 6.53. The first kappa shape index (κ1) is 18.9. The number of nitrogens with one attached hydrogen (secondary N) is 1. The Kier molecular flexibility index (Phi) is 5.98. The van der Waals surface area contributed by atoms with Crippen molar-refractivity contribution >= 4 is 45.2 Å². The fourth-order valence-corrected chi connectivity index (χ4v) is 5.16. The third-order valence-electron chi connectivity index (χ3n) is 4.37. The molecule has 0 fully saturated rings. The Labute approximate surface area is 158 Å². The summed E-state index contributed by atoms with van der Waals surface area (Å²) in [6.07, 6.45) is 4.55. The van der Waals surface area contributed by atoms with E-state index in [9.17, 15) is 14.4 Å². The van der Waals surface area contributed by atoms with Gasteiger partial charge in [0.1, 0.15) is 17.2 Å². The Hall–Kier alpha value is -1.87. The zero-order chi connectivity index (χ0) is 18.7. The van der Waals surface area contributed by atoms with Crippen molar-refractivity contribution < 1.29 is 14.7 Å². The van der Waals surface area contributed by atoms with E-state index < -0.39 is 5.97 Å². The van der Waals surface area contributed by atoms with Crippen LogP contribution >= 0.6 is 23.1 Å². The van der Waals surface area contributed by atoms with Crippen molar-refractivity contribution in [2.45, 2.75) is 37.9 Å². The van der Waals surface area contributed by atoms with E-state index in [2.05, 4.69) is 9.97 Å². The van der Waals surface area contributed by atoms with Gasteiger partial charge in [-0.3, -0.25) is 14.4 Å². The molecule has 0 atom stereocenters. The van der Waals surface area contributed by atoms with Gasteiger partial charge in [-0.05, 0) is 31.2 Å². The average molecular weight is 396 g/mol. The summed E-state index contributed by atoms with van der Waals surface area (Å²) in [7, 11) is 1.48. The summed E-state index contributed by atoms with van der Waals surface area (Å²) < 4.78 is 0. The molecule has 0 spiro atoms. The molecule has 2 heterocycles. The van der Waals surface area contributed by atoms with Gasteiger partial charge in [-0.2, -0.15) is 11.8 Å². The zero-order valence-corrected chi connectivity index (χ0v) is 16.2. The van der Waals surface area contributed by atoms with Crippen molar-refractivity contribution in [3.05, 3.63) is 26.6 Å². The molecule has 2 aromatic rings. The first-order valence-corrected chi connectivity index (χ1v) is 10.5. The Morgan fingerprint density at radius 3 is 2.88 bits per heavy atom. The number of amides is 1. The number of carbonyl (C=O) groups is 2. The van der Waals surface area contributed by atoms with Gasteiger partial charge < -0.3 is 15.0 Å². The van der Waals surface area contributed by atoms with Gasteiger partial charge in [0, 0.05) is 24.1 Å². The normalized spacial score (nSPS) is 13.6. The number of likely N-dealkylation sites (N-methyl/N-ethyl adjacent to an activating group) is 1. The number of aromatic amines is 1. The molecule has 140 valence electrons. The summed E-state index contributed by atoms with van der Waals surface area (Å²) in [6.45, 7) is -0.294. The number of fused-ring (bicyclic) bond motifs is 3. The predicted octanol–water partition coefficient (Wildman–Crippen LogP) is 2.03. The summed E-state index contributed by atoms with van der Waals surface area (Å²) in [5.41, 5.74) is 1.11. The highest BCUT2D eigenvalue weighted by atomic mass is 32.2. The minimum absolute atomic E-state index is 0.0673. The Morgan fingerprint density at radius 1 is 1.35 bits per heavy atom. The number of nitrogens with zero attached hydrogens (tertiary/aromatic N) is 2. The van der Waals surface area contributed by atoms with Crippen LogP contribution in [-0.2, 0) is 28.2 Å². The number of thiophene rings is 1. The van der Waals surface area contributed by atoms with E-state index in [1.54, 1.807) is 11.3 Å². The van der Waals surface area contributed by atoms with Gasteiger partial charge in [0.25, 0.3) is 5.56 Å². The molecule has 7 nitrogen and oxygen atoms in total. The van der Waals surface area contributed by atoms with Crippen LogP contribution in [0.5, 0.6) is 0 Å². The van der Waals surface area contributed by atoms with Crippen LogP contribution in [0.1, 0.15) is 35.5 Å². The molecule has 0 saturated heterocycles. The Morgan fingerprint density at radius 2 is 2.12 bits per heavy atom. The molecule has 1 amide bonds. The van der Waals surface area contributed by atoms with Crippen LogP contribution < -0.4 is 5.56 Å². The number of aliphatic carboxylic acids is 1. The molecular weight excluding hydrogens is 374 g/mol. The number of carbonyl (C=O) groups excluding carboxylic acids is 1. The van der Waals surface area contributed by atoms with Crippen molar-refractivity contribution in [1.82, 2.24) is 14.9 Å². The maximum Gasteiger partial charge on any atom is 0.323 e. The van der Waals surface area contributed by atoms with Gasteiger partial charge in [0.05, 0.1) is 11.1 Å². The van der Waals surface area contributed by atoms with Crippen LogP contribution in [0, 0.1) is 0 Å². The van der Waals surface area contributed by atoms with Crippen LogP contribution in [0.4, 0.5) is 0 Å². The van der Waals surface area contributed by atoms with Crippen LogP contribution in [-0.4, -0.2) is 51.2 Å². The van der Waals surface area contributed by atoms with Gasteiger partial charge in [-0.25, -0.2) is 4.98 Å². The van der Waals surface area contributed by atoms with Gasteiger partial charge in [-0.1, -0.05) is 0 Å². The van der Waals surface area contributed by atoms with Crippen molar-refractivity contribution in [2.24, 2.45) is 0 Å². The fraction of sp³-hybridized carbons (Fsp3) is 0.529. The monoisotopic (exact) mass is 395 g/mol. The van der Waals surface area contributed by atoms with Crippen molar-refractivity contribution in [3.8, 4) is 0 Å². The minimum Gasteiger partial charge on any atom is -0.480 e. The molecule has 9 heteroatoms. The smallest absolute Gasteiger partial charge is 0.323 e. The molecule has 0 unspecified atom stereocenters. The number of carboxylic acids is 1. The van der Waals surface area contributed by atoms with Crippen molar-refractivity contribution in [3.63, 3.8) is 0 Å². The molecule has 0 saturated carbocycles. The number of rotatable bonds is 7. The zero-order valence-electron chi connectivity index (χ0n) is 14.5. The van der Waals surface area contributed by atoms with E-state index in [1.165, 1.54) is 40.6 Å². The second-order valence-electron chi connectivity index (χ2n) is 6.35. The van der Waals surface area contributed by atoms with E-state index in [4.69, 9.17) is 5.11 Å². The molecule has 0 bridgehead atoms. The number of hydrogen-bond acceptors (Lipinski definition) is 6. The lowest BCUT2D eigenvalue weighted by atomic mass is 9.97. The number of aryl methyl sites for hydroxylation is 2. The quantitative estimate of drug-likeness (QED) is 0.695. The maximum atomic E-state index is 12.5. The largest absolute Gasteiger partial charge is 0.480 e. The first-order chi connectivity index (χ1) is 12.5. The predicted molar refractivity (Wildman–Crippen MR) is 103 cm³/mol. The third kappa shape index (κ3) is 4.27. The molecule has 0 aliphatic heterocycles. The molecule has 2 N–H and O–H groups in total. The average Bonchev–Trinajstić information content (AvgIpc) is 2.96. The summed E-state index contributed by atoms with van der Waals surface area (Å²) in [5, 5.41) is 9.44. The van der Waals surface area contributed by atoms with Gasteiger partial charge in [0.2, 0.25) is 5.91 Å². The van der Waals surface area contributed by atoms with Gasteiger partial charge >= 0.3 is 5.97 Å². The number of thioether (sulfide) groups is 1. The lowest BCUT2D eigenvalue weighted by molar-refractivity contribution is -0.143. The van der Waals surface area contributed by atoms with Crippen LogP contribution in [0.15, 0.2) is 4.79 Å². The number of H-pyrrole nitrogens is 1. The molecular formula is C17H21N3O4S2. The highest BCUT2D eigenvalue weighted by Gasteiger charge is 2.19. The topological polar surface area (TPSA) is 103 Å². The van der Waals surface area contributed by atoms with Crippen molar-refractivity contribution in [1.29, 1.82) is 0 Å². The second-order valence-corrected chi connectivity index (χ2v) is 8.54. The molecule has 3 rings (SSSR count). The van der Waals surface area contributed by atoms with E-state index in [1.807, 2.05) is 0 Å². The lowest BCUT2D eigenvalue weighted by Crippen LogP contribution is -2.32. The summed E-state index contributed by atoms with van der Waals surface area (Å²) in [5.74, 6) is 0.456. The second kappa shape index (κ2) is 8.22. The minimum atomic E-state index is -1.03. The van der Waals surface area contributed by atoms with Gasteiger partial charge in [-0.15, -0.1) is 11.3 Å². The SMILES string of the molecule is CN(CC(=O)O)C(=O)CCSCc1nc2sc3c(c2c(=O)[nH]1)CCCC3. The number of carboxylic acid groups (broad SMARTS) is 1. The lowest BCUT2D eigenvalue weighted by Gasteiger charge is -2.13. The summed E-state index contributed by atoms with van der Waals surface area (Å²) in [4.78, 5) is 45.6. The number of hydrogen-bond donors (Lipinski definition) is 2. The highest BCUT2D eigenvalue weighted by molar-refractivity contribution is 7.98. The van der Waals surface area contributed by atoms with Crippen LogP contribution in [0.25, 0.3) is 10.2 Å².